The van der Waals surface area contributed by atoms with E-state index in [1.54, 1.807) is 13.8 Å². The molecular weight excluding hydrogens is 374 g/mol. The quantitative estimate of drug-likeness (QED) is 0.776. The average molecular weight is 396 g/mol. The van der Waals surface area contributed by atoms with Crippen LogP contribution in [0.25, 0.3) is 0 Å². The van der Waals surface area contributed by atoms with Gasteiger partial charge in [0.05, 0.1) is 15.7 Å². The number of thiophene rings is 1. The first-order valence-electron chi connectivity index (χ1n) is 8.10. The molecule has 1 heterocycles. The first kappa shape index (κ1) is 20.1. The van der Waals surface area contributed by atoms with Crippen LogP contribution >= 0.6 is 11.3 Å². The summed E-state index contributed by atoms with van der Waals surface area (Å²) in [6, 6.07) is 5.62. The highest BCUT2D eigenvalue weighted by Crippen LogP contribution is 2.33. The third kappa shape index (κ3) is 3.81. The minimum atomic E-state index is -3.41. The minimum Gasteiger partial charge on any atom is -0.478 e. The van der Waals surface area contributed by atoms with Crippen molar-refractivity contribution in [2.45, 2.75) is 44.3 Å². The lowest BCUT2D eigenvalue weighted by molar-refractivity contribution is 0.0697. The first-order chi connectivity index (χ1) is 12.1. The van der Waals surface area contributed by atoms with E-state index in [1.807, 2.05) is 13.8 Å². The molecule has 0 fully saturated rings. The molecule has 0 atom stereocenters. The van der Waals surface area contributed by atoms with Gasteiger partial charge in [0, 0.05) is 10.4 Å². The van der Waals surface area contributed by atoms with Gasteiger partial charge in [0.1, 0.15) is 5.00 Å². The van der Waals surface area contributed by atoms with Crippen LogP contribution in [0, 0.1) is 6.92 Å². The number of benzene rings is 1. The van der Waals surface area contributed by atoms with E-state index in [1.165, 1.54) is 35.6 Å². The van der Waals surface area contributed by atoms with Gasteiger partial charge in [-0.25, -0.2) is 13.2 Å². The molecule has 26 heavy (non-hydrogen) atoms. The molecule has 2 aromatic rings. The van der Waals surface area contributed by atoms with Gasteiger partial charge in [-0.2, -0.15) is 0 Å². The summed E-state index contributed by atoms with van der Waals surface area (Å²) in [5.74, 6) is -1.57. The molecule has 0 radical (unpaired) electrons. The van der Waals surface area contributed by atoms with Gasteiger partial charge in [0.15, 0.2) is 9.84 Å². The number of aryl methyl sites for hydroxylation is 1. The highest BCUT2D eigenvalue weighted by atomic mass is 32.2. The maximum atomic E-state index is 12.4. The van der Waals surface area contributed by atoms with Crippen LogP contribution in [-0.2, 0) is 16.3 Å². The Morgan fingerprint density at radius 1 is 1.19 bits per heavy atom. The number of rotatable bonds is 6. The SMILES string of the molecule is CCc1c(C)sc(NC(=O)c2ccc(S(=O)(=O)C(C)C)cc2)c1C(=O)O. The number of hydrogen-bond donors (Lipinski definition) is 2. The number of carboxylic acid groups (broad SMARTS) is 1. The molecule has 0 saturated carbocycles. The molecule has 1 aromatic carbocycles. The normalized spacial score (nSPS) is 11.6. The Hall–Kier alpha value is -2.19. The Bertz CT molecular complexity index is 941. The van der Waals surface area contributed by atoms with E-state index in [0.717, 1.165) is 4.88 Å². The fraction of sp³-hybridized carbons (Fsp3) is 0.333. The highest BCUT2D eigenvalue weighted by Gasteiger charge is 2.23. The second kappa shape index (κ2) is 7.59. The molecule has 0 unspecified atom stereocenters. The smallest absolute Gasteiger partial charge is 0.339 e. The van der Waals surface area contributed by atoms with E-state index >= 15 is 0 Å². The Kier molecular flexibility index (Phi) is 5.87. The zero-order valence-corrected chi connectivity index (χ0v) is 16.6. The summed E-state index contributed by atoms with van der Waals surface area (Å²) in [4.78, 5) is 25.0. The Labute approximate surface area is 156 Å². The van der Waals surface area contributed by atoms with Crippen LogP contribution in [-0.4, -0.2) is 30.7 Å². The van der Waals surface area contributed by atoms with Crippen LogP contribution < -0.4 is 5.32 Å². The molecule has 1 amide bonds. The fourth-order valence-electron chi connectivity index (χ4n) is 2.56. The number of hydrogen-bond acceptors (Lipinski definition) is 5. The molecule has 8 heteroatoms. The summed E-state index contributed by atoms with van der Waals surface area (Å²) >= 11 is 1.22. The van der Waals surface area contributed by atoms with Gasteiger partial charge in [-0.15, -0.1) is 11.3 Å². The molecule has 6 nitrogen and oxygen atoms in total. The van der Waals surface area contributed by atoms with Gasteiger partial charge in [-0.1, -0.05) is 6.92 Å². The van der Waals surface area contributed by atoms with Crippen molar-refractivity contribution in [1.29, 1.82) is 0 Å². The monoisotopic (exact) mass is 395 g/mol. The Morgan fingerprint density at radius 3 is 2.23 bits per heavy atom. The van der Waals surface area contributed by atoms with Crippen LogP contribution in [0.1, 0.15) is 51.9 Å². The van der Waals surface area contributed by atoms with E-state index in [2.05, 4.69) is 5.32 Å². The van der Waals surface area contributed by atoms with Gasteiger partial charge in [0.2, 0.25) is 0 Å². The van der Waals surface area contributed by atoms with Crippen molar-refractivity contribution in [3.63, 3.8) is 0 Å². The van der Waals surface area contributed by atoms with Crippen LogP contribution in [0.4, 0.5) is 5.00 Å². The Balaban J connectivity index is 2.31. The topological polar surface area (TPSA) is 101 Å². The van der Waals surface area contributed by atoms with E-state index in [-0.39, 0.29) is 21.0 Å². The molecule has 140 valence electrons. The largest absolute Gasteiger partial charge is 0.478 e. The second-order valence-corrected chi connectivity index (χ2v) is 9.80. The molecule has 0 aliphatic rings. The number of carbonyl (C=O) groups is 2. The average Bonchev–Trinajstić information content (AvgIpc) is 2.89. The molecule has 1 aromatic heterocycles. The number of carboxylic acids is 1. The summed E-state index contributed by atoms with van der Waals surface area (Å²) < 4.78 is 24.3. The fourth-order valence-corrected chi connectivity index (χ4v) is 4.75. The van der Waals surface area contributed by atoms with E-state index < -0.39 is 27.0 Å². The third-order valence-electron chi connectivity index (χ3n) is 4.07. The maximum Gasteiger partial charge on any atom is 0.339 e. The number of nitrogens with one attached hydrogen (secondary N) is 1. The van der Waals surface area contributed by atoms with Gasteiger partial charge < -0.3 is 10.4 Å². The van der Waals surface area contributed by atoms with Crippen LogP contribution in [0.2, 0.25) is 0 Å². The molecule has 0 aliphatic carbocycles. The molecule has 0 spiro atoms. The number of carbonyl (C=O) groups excluding carboxylic acids is 1. The van der Waals surface area contributed by atoms with Crippen molar-refractivity contribution in [1.82, 2.24) is 0 Å². The van der Waals surface area contributed by atoms with Crippen molar-refractivity contribution < 1.29 is 23.1 Å². The molecule has 2 rings (SSSR count). The first-order valence-corrected chi connectivity index (χ1v) is 10.5. The molecule has 2 N–H and O–H groups in total. The highest BCUT2D eigenvalue weighted by molar-refractivity contribution is 7.92. The third-order valence-corrected chi connectivity index (χ3v) is 7.30. The zero-order valence-electron chi connectivity index (χ0n) is 15.0. The van der Waals surface area contributed by atoms with Crippen molar-refractivity contribution in [3.8, 4) is 0 Å². The number of amides is 1. The predicted octanol–water partition coefficient (Wildman–Crippen LogP) is 3.75. The standard InChI is InChI=1S/C18H21NO5S2/c1-5-14-11(4)25-17(15(14)18(21)22)19-16(20)12-6-8-13(9-7-12)26(23,24)10(2)3/h6-10H,5H2,1-4H3,(H,19,20)(H,21,22). The summed E-state index contributed by atoms with van der Waals surface area (Å²) in [5, 5.41) is 11.8. The summed E-state index contributed by atoms with van der Waals surface area (Å²) in [6.45, 7) is 6.86. The number of aromatic carboxylic acids is 1. The van der Waals surface area contributed by atoms with Crippen molar-refractivity contribution in [2.75, 3.05) is 5.32 Å². The van der Waals surface area contributed by atoms with Crippen LogP contribution in [0.15, 0.2) is 29.2 Å². The van der Waals surface area contributed by atoms with E-state index in [0.29, 0.717) is 12.0 Å². The lowest BCUT2D eigenvalue weighted by Gasteiger charge is -2.09. The van der Waals surface area contributed by atoms with Gasteiger partial charge in [-0.3, -0.25) is 4.79 Å². The molecular formula is C18H21NO5S2. The summed E-state index contributed by atoms with van der Waals surface area (Å²) in [7, 11) is -3.41. The van der Waals surface area contributed by atoms with Gasteiger partial charge in [-0.05, 0) is 57.0 Å². The number of anilines is 1. The molecule has 0 saturated heterocycles. The summed E-state index contributed by atoms with van der Waals surface area (Å²) in [5.41, 5.74) is 1.08. The predicted molar refractivity (Wildman–Crippen MR) is 102 cm³/mol. The Morgan fingerprint density at radius 2 is 1.77 bits per heavy atom. The molecule has 0 bridgehead atoms. The van der Waals surface area contributed by atoms with Crippen molar-refractivity contribution in [3.05, 3.63) is 45.8 Å². The van der Waals surface area contributed by atoms with Crippen LogP contribution in [0.3, 0.4) is 0 Å². The summed E-state index contributed by atoms with van der Waals surface area (Å²) in [6.07, 6.45) is 0.557. The van der Waals surface area contributed by atoms with Gasteiger partial charge >= 0.3 is 5.97 Å². The van der Waals surface area contributed by atoms with Crippen molar-refractivity contribution >= 4 is 38.1 Å². The molecule has 0 aliphatic heterocycles. The van der Waals surface area contributed by atoms with E-state index in [4.69, 9.17) is 0 Å². The maximum absolute atomic E-state index is 12.4. The minimum absolute atomic E-state index is 0.113. The van der Waals surface area contributed by atoms with Crippen molar-refractivity contribution in [2.24, 2.45) is 0 Å². The second-order valence-electron chi connectivity index (χ2n) is 6.07. The number of sulfone groups is 1. The van der Waals surface area contributed by atoms with Crippen LogP contribution in [0.5, 0.6) is 0 Å². The van der Waals surface area contributed by atoms with E-state index in [9.17, 15) is 23.1 Å². The van der Waals surface area contributed by atoms with Gasteiger partial charge in [0.25, 0.3) is 5.91 Å². The lowest BCUT2D eigenvalue weighted by atomic mass is 10.1. The zero-order chi connectivity index (χ0) is 19.6. The lowest BCUT2D eigenvalue weighted by Crippen LogP contribution is -2.16.